The lowest BCUT2D eigenvalue weighted by atomic mass is 10.2. The van der Waals surface area contributed by atoms with Gasteiger partial charge in [-0.2, -0.15) is 9.89 Å². The van der Waals surface area contributed by atoms with E-state index in [0.717, 1.165) is 16.7 Å². The minimum absolute atomic E-state index is 0.796. The molecule has 2 aromatic rings. The Morgan fingerprint density at radius 3 is 3.08 bits per heavy atom. The van der Waals surface area contributed by atoms with E-state index in [9.17, 15) is 0 Å². The van der Waals surface area contributed by atoms with Gasteiger partial charge < -0.3 is 10.6 Å². The van der Waals surface area contributed by atoms with Crippen LogP contribution in [0.5, 0.6) is 5.75 Å². The third-order valence-corrected chi connectivity index (χ3v) is 1.82. The van der Waals surface area contributed by atoms with Crippen molar-refractivity contribution in [1.29, 1.82) is 0 Å². The van der Waals surface area contributed by atoms with Crippen LogP contribution in [0.1, 0.15) is 0 Å². The number of hydrogen-bond donors (Lipinski definition) is 1. The van der Waals surface area contributed by atoms with Gasteiger partial charge in [0.25, 0.3) is 0 Å². The second kappa shape index (κ2) is 2.41. The molecule has 0 saturated heterocycles. The predicted molar refractivity (Wildman–Crippen MR) is 46.4 cm³/mol. The molecule has 12 heavy (non-hydrogen) atoms. The van der Waals surface area contributed by atoms with Crippen LogP contribution in [0.3, 0.4) is 0 Å². The van der Waals surface area contributed by atoms with Gasteiger partial charge in [-0.3, -0.25) is 0 Å². The fourth-order valence-electron chi connectivity index (χ4n) is 1.22. The van der Waals surface area contributed by atoms with Crippen molar-refractivity contribution in [3.05, 3.63) is 24.4 Å². The Morgan fingerprint density at radius 2 is 2.33 bits per heavy atom. The number of methoxy groups -OCH3 is 1. The molecule has 0 aliphatic carbocycles. The van der Waals surface area contributed by atoms with E-state index in [0.29, 0.717) is 0 Å². The van der Waals surface area contributed by atoms with Crippen LogP contribution in [-0.2, 0) is 0 Å². The first kappa shape index (κ1) is 6.97. The van der Waals surface area contributed by atoms with Gasteiger partial charge in [0.1, 0.15) is 5.75 Å². The predicted octanol–water partition coefficient (Wildman–Crippen LogP) is 0.759. The normalized spacial score (nSPS) is 10.4. The van der Waals surface area contributed by atoms with Crippen LogP contribution in [-0.4, -0.2) is 17.0 Å². The van der Waals surface area contributed by atoms with Crippen molar-refractivity contribution in [2.45, 2.75) is 0 Å². The maximum absolute atomic E-state index is 5.55. The Balaban J connectivity index is 2.81. The fourth-order valence-corrected chi connectivity index (χ4v) is 1.22. The number of nitrogens with two attached hydrogens (primary N) is 1. The Bertz CT molecular complexity index is 408. The summed E-state index contributed by atoms with van der Waals surface area (Å²) in [6.07, 6.45) is 1.69. The van der Waals surface area contributed by atoms with E-state index in [1.54, 1.807) is 13.3 Å². The average molecular weight is 163 g/mol. The van der Waals surface area contributed by atoms with Crippen LogP contribution in [0.2, 0.25) is 0 Å². The number of fused-ring (bicyclic) bond motifs is 1. The van der Waals surface area contributed by atoms with E-state index in [-0.39, 0.29) is 0 Å². The zero-order valence-electron chi connectivity index (χ0n) is 6.69. The number of rotatable bonds is 1. The van der Waals surface area contributed by atoms with Crippen LogP contribution < -0.4 is 10.6 Å². The highest BCUT2D eigenvalue weighted by atomic mass is 16.5. The van der Waals surface area contributed by atoms with Gasteiger partial charge in [0.05, 0.1) is 24.2 Å². The lowest BCUT2D eigenvalue weighted by Gasteiger charge is -1.99. The quantitative estimate of drug-likeness (QED) is 0.631. The summed E-state index contributed by atoms with van der Waals surface area (Å²) in [5.41, 5.74) is 0.870. The van der Waals surface area contributed by atoms with Crippen LogP contribution in [0.25, 0.3) is 10.9 Å². The summed E-state index contributed by atoms with van der Waals surface area (Å²) in [4.78, 5) is 1.33. The summed E-state index contributed by atoms with van der Waals surface area (Å²) in [6.45, 7) is 0. The topological polar surface area (TPSA) is 53.1 Å². The van der Waals surface area contributed by atoms with Gasteiger partial charge in [-0.1, -0.05) is 6.07 Å². The lowest BCUT2D eigenvalue weighted by molar-refractivity contribution is 0.420. The molecule has 1 aromatic carbocycles. The van der Waals surface area contributed by atoms with E-state index in [1.807, 2.05) is 18.2 Å². The van der Waals surface area contributed by atoms with Gasteiger partial charge in [-0.15, -0.1) is 0 Å². The van der Waals surface area contributed by atoms with Crippen LogP contribution in [0, 0.1) is 0 Å². The van der Waals surface area contributed by atoms with Crippen molar-refractivity contribution in [3.63, 3.8) is 0 Å². The molecule has 4 nitrogen and oxygen atoms in total. The zero-order chi connectivity index (χ0) is 8.55. The summed E-state index contributed by atoms with van der Waals surface area (Å²) < 4.78 is 5.13. The highest BCUT2D eigenvalue weighted by Crippen LogP contribution is 2.23. The van der Waals surface area contributed by atoms with E-state index in [4.69, 9.17) is 10.6 Å². The molecule has 2 rings (SSSR count). The van der Waals surface area contributed by atoms with Gasteiger partial charge in [-0.25, -0.2) is 0 Å². The van der Waals surface area contributed by atoms with Crippen molar-refractivity contribution in [2.24, 2.45) is 0 Å². The van der Waals surface area contributed by atoms with E-state index < -0.39 is 0 Å². The smallest absolute Gasteiger partial charge is 0.129 e. The van der Waals surface area contributed by atoms with E-state index in [1.165, 1.54) is 4.79 Å². The van der Waals surface area contributed by atoms with Gasteiger partial charge >= 0.3 is 0 Å². The summed E-state index contributed by atoms with van der Waals surface area (Å²) in [7, 11) is 1.63. The van der Waals surface area contributed by atoms with Crippen molar-refractivity contribution >= 4 is 10.9 Å². The summed E-state index contributed by atoms with van der Waals surface area (Å²) >= 11 is 0. The molecule has 62 valence electrons. The van der Waals surface area contributed by atoms with Gasteiger partial charge in [0, 0.05) is 0 Å². The Kier molecular flexibility index (Phi) is 1.40. The molecule has 1 aromatic heterocycles. The maximum Gasteiger partial charge on any atom is 0.129 e. The molecule has 4 heteroatoms. The Morgan fingerprint density at radius 1 is 1.50 bits per heavy atom. The molecule has 0 fully saturated rings. The number of nitrogens with zero attached hydrogens (tertiary/aromatic N) is 2. The van der Waals surface area contributed by atoms with Gasteiger partial charge in [0.2, 0.25) is 0 Å². The molecule has 1 heterocycles. The second-order valence-electron chi connectivity index (χ2n) is 2.48. The average Bonchev–Trinajstić information content (AvgIpc) is 2.48. The molecule has 0 spiro atoms. The fraction of sp³-hybridized carbons (Fsp3) is 0.125. The first-order valence-corrected chi connectivity index (χ1v) is 3.59. The van der Waals surface area contributed by atoms with Crippen molar-refractivity contribution in [3.8, 4) is 5.75 Å². The standard InChI is InChI=1S/C8H9N3O/c1-12-8-4-2-3-7-6(8)5-10-11(7)9/h2-5H,9H2,1H3. The van der Waals surface area contributed by atoms with E-state index in [2.05, 4.69) is 5.10 Å². The molecule has 0 bridgehead atoms. The third kappa shape index (κ3) is 0.812. The molecular formula is C8H9N3O. The number of ether oxygens (including phenoxy) is 1. The zero-order valence-corrected chi connectivity index (χ0v) is 6.69. The van der Waals surface area contributed by atoms with Crippen molar-refractivity contribution < 1.29 is 4.74 Å². The van der Waals surface area contributed by atoms with Crippen LogP contribution >= 0.6 is 0 Å². The number of hydrogen-bond acceptors (Lipinski definition) is 3. The highest BCUT2D eigenvalue weighted by Gasteiger charge is 2.03. The Labute approximate surface area is 69.5 Å². The second-order valence-corrected chi connectivity index (χ2v) is 2.48. The Hall–Kier alpha value is -1.71. The van der Waals surface area contributed by atoms with Crippen molar-refractivity contribution in [2.75, 3.05) is 13.0 Å². The van der Waals surface area contributed by atoms with E-state index >= 15 is 0 Å². The third-order valence-electron chi connectivity index (χ3n) is 1.82. The largest absolute Gasteiger partial charge is 0.496 e. The van der Waals surface area contributed by atoms with Gasteiger partial charge in [-0.05, 0) is 12.1 Å². The van der Waals surface area contributed by atoms with Gasteiger partial charge in [0.15, 0.2) is 0 Å². The highest BCUT2D eigenvalue weighted by molar-refractivity contribution is 5.85. The molecule has 0 amide bonds. The molecule has 0 aliphatic heterocycles. The van der Waals surface area contributed by atoms with Crippen LogP contribution in [0.15, 0.2) is 24.4 Å². The molecular weight excluding hydrogens is 154 g/mol. The number of nitrogen functional groups attached to an aromatic ring is 1. The van der Waals surface area contributed by atoms with Crippen molar-refractivity contribution in [1.82, 2.24) is 9.89 Å². The minimum Gasteiger partial charge on any atom is -0.496 e. The van der Waals surface area contributed by atoms with Crippen LogP contribution in [0.4, 0.5) is 0 Å². The number of benzene rings is 1. The number of aromatic nitrogens is 2. The minimum atomic E-state index is 0.796. The molecule has 0 saturated carbocycles. The SMILES string of the molecule is COc1cccc2c1cnn2N. The monoisotopic (exact) mass is 163 g/mol. The summed E-state index contributed by atoms with van der Waals surface area (Å²) in [6, 6.07) is 5.65. The molecule has 2 N–H and O–H groups in total. The first-order chi connectivity index (χ1) is 5.83. The summed E-state index contributed by atoms with van der Waals surface area (Å²) in [5, 5.41) is 4.85. The summed E-state index contributed by atoms with van der Waals surface area (Å²) in [5.74, 6) is 6.35. The molecule has 0 radical (unpaired) electrons. The maximum atomic E-state index is 5.55. The molecule has 0 atom stereocenters. The first-order valence-electron chi connectivity index (χ1n) is 3.59. The molecule has 0 unspecified atom stereocenters. The molecule has 0 aliphatic rings. The lowest BCUT2D eigenvalue weighted by Crippen LogP contribution is -2.08.